The number of hydrogen-bond donors (Lipinski definition) is 0. The number of piperidine rings is 1. The average Bonchev–Trinajstić information content (AvgIpc) is 2.92. The van der Waals surface area contributed by atoms with Crippen molar-refractivity contribution in [1.82, 2.24) is 24.4 Å². The minimum Gasteiger partial charge on any atom is -0.337 e. The van der Waals surface area contributed by atoms with E-state index >= 15 is 0 Å². The maximum absolute atomic E-state index is 12.4. The Morgan fingerprint density at radius 1 is 1.17 bits per heavy atom. The second-order valence-electron chi connectivity index (χ2n) is 6.21. The van der Waals surface area contributed by atoms with Gasteiger partial charge in [-0.3, -0.25) is 9.78 Å². The third-order valence-electron chi connectivity index (χ3n) is 4.70. The lowest BCUT2D eigenvalue weighted by molar-refractivity contribution is 0.0678. The second kappa shape index (κ2) is 6.89. The fraction of sp³-hybridized carbons (Fsp3) is 0.529. The lowest BCUT2D eigenvalue weighted by Crippen LogP contribution is -2.39. The third kappa shape index (κ3) is 3.57. The molecule has 1 aliphatic heterocycles. The van der Waals surface area contributed by atoms with Crippen molar-refractivity contribution >= 4 is 5.91 Å². The number of carbonyl (C=O) groups is 1. The van der Waals surface area contributed by atoms with Gasteiger partial charge in [0.15, 0.2) is 0 Å². The standard InChI is InChI=1S/C17H23N5O/c1-13-11-20-14(2)22(13)10-5-15-3-8-21(9-4-15)17(23)16-12-18-6-7-19-16/h6-7,11-12,15H,3-5,8-10H2,1-2H3. The molecule has 2 aromatic heterocycles. The molecule has 1 aliphatic rings. The summed E-state index contributed by atoms with van der Waals surface area (Å²) in [5, 5.41) is 0. The van der Waals surface area contributed by atoms with Gasteiger partial charge in [-0.25, -0.2) is 9.97 Å². The number of imidazole rings is 1. The Labute approximate surface area is 136 Å². The Balaban J connectivity index is 1.50. The number of carbonyl (C=O) groups excluding carboxylic acids is 1. The Hall–Kier alpha value is -2.24. The molecule has 0 aromatic carbocycles. The highest BCUT2D eigenvalue weighted by molar-refractivity contribution is 5.91. The molecule has 0 N–H and O–H groups in total. The number of aryl methyl sites for hydroxylation is 2. The minimum absolute atomic E-state index is 0.00199. The van der Waals surface area contributed by atoms with Crippen LogP contribution in [0.2, 0.25) is 0 Å². The van der Waals surface area contributed by atoms with Crippen LogP contribution < -0.4 is 0 Å². The normalized spacial score (nSPS) is 15.8. The Kier molecular flexibility index (Phi) is 4.69. The van der Waals surface area contributed by atoms with Gasteiger partial charge in [0, 0.05) is 43.9 Å². The SMILES string of the molecule is Cc1cnc(C)n1CCC1CCN(C(=O)c2cnccn2)CC1. The van der Waals surface area contributed by atoms with Gasteiger partial charge in [-0.05, 0) is 39.0 Å². The number of rotatable bonds is 4. The van der Waals surface area contributed by atoms with E-state index in [1.807, 2.05) is 11.1 Å². The molecule has 2 aromatic rings. The molecule has 6 nitrogen and oxygen atoms in total. The van der Waals surface area contributed by atoms with E-state index in [0.717, 1.165) is 44.7 Å². The molecular formula is C17H23N5O. The van der Waals surface area contributed by atoms with E-state index in [9.17, 15) is 4.79 Å². The topological polar surface area (TPSA) is 63.9 Å². The number of hydrogen-bond acceptors (Lipinski definition) is 4. The van der Waals surface area contributed by atoms with Gasteiger partial charge < -0.3 is 9.47 Å². The van der Waals surface area contributed by atoms with Gasteiger partial charge in [-0.15, -0.1) is 0 Å². The van der Waals surface area contributed by atoms with Gasteiger partial charge in [0.05, 0.1) is 6.20 Å². The molecule has 3 heterocycles. The van der Waals surface area contributed by atoms with Crippen molar-refractivity contribution in [2.75, 3.05) is 13.1 Å². The molecule has 3 rings (SSSR count). The largest absolute Gasteiger partial charge is 0.337 e. The number of amides is 1. The van der Waals surface area contributed by atoms with Crippen molar-refractivity contribution in [2.45, 2.75) is 39.7 Å². The molecule has 0 bridgehead atoms. The summed E-state index contributed by atoms with van der Waals surface area (Å²) in [7, 11) is 0. The Bertz CT molecular complexity index is 639. The zero-order valence-corrected chi connectivity index (χ0v) is 13.8. The molecule has 0 unspecified atom stereocenters. The molecule has 23 heavy (non-hydrogen) atoms. The van der Waals surface area contributed by atoms with Crippen LogP contribution in [-0.4, -0.2) is 43.4 Å². The number of likely N-dealkylation sites (tertiary alicyclic amines) is 1. The molecule has 0 saturated carbocycles. The summed E-state index contributed by atoms with van der Waals surface area (Å²) >= 11 is 0. The van der Waals surface area contributed by atoms with Gasteiger partial charge in [0.25, 0.3) is 5.91 Å². The van der Waals surface area contributed by atoms with Crippen LogP contribution in [-0.2, 0) is 6.54 Å². The van der Waals surface area contributed by atoms with Gasteiger partial charge >= 0.3 is 0 Å². The van der Waals surface area contributed by atoms with Crippen LogP contribution >= 0.6 is 0 Å². The van der Waals surface area contributed by atoms with E-state index in [1.54, 1.807) is 18.6 Å². The average molecular weight is 313 g/mol. The summed E-state index contributed by atoms with van der Waals surface area (Å²) in [6, 6.07) is 0. The van der Waals surface area contributed by atoms with Crippen LogP contribution in [0.25, 0.3) is 0 Å². The predicted octanol–water partition coefficient (Wildman–Crippen LogP) is 2.23. The highest BCUT2D eigenvalue weighted by Gasteiger charge is 2.24. The molecule has 0 atom stereocenters. The van der Waals surface area contributed by atoms with Gasteiger partial charge in [-0.1, -0.05) is 0 Å². The molecule has 0 aliphatic carbocycles. The molecule has 6 heteroatoms. The van der Waals surface area contributed by atoms with E-state index in [4.69, 9.17) is 0 Å². The molecule has 0 radical (unpaired) electrons. The maximum Gasteiger partial charge on any atom is 0.274 e. The smallest absolute Gasteiger partial charge is 0.274 e. The molecule has 122 valence electrons. The van der Waals surface area contributed by atoms with Crippen molar-refractivity contribution in [3.63, 3.8) is 0 Å². The first-order valence-corrected chi connectivity index (χ1v) is 8.19. The van der Waals surface area contributed by atoms with Crippen molar-refractivity contribution in [3.8, 4) is 0 Å². The first-order chi connectivity index (χ1) is 11.1. The molecule has 1 saturated heterocycles. The van der Waals surface area contributed by atoms with Crippen LogP contribution in [0, 0.1) is 19.8 Å². The van der Waals surface area contributed by atoms with Crippen molar-refractivity contribution in [1.29, 1.82) is 0 Å². The molecule has 0 spiro atoms. The Morgan fingerprint density at radius 3 is 2.57 bits per heavy atom. The van der Waals surface area contributed by atoms with Crippen LogP contribution in [0.5, 0.6) is 0 Å². The zero-order valence-electron chi connectivity index (χ0n) is 13.8. The maximum atomic E-state index is 12.4. The second-order valence-corrected chi connectivity index (χ2v) is 6.21. The minimum atomic E-state index is -0.00199. The van der Waals surface area contributed by atoms with E-state index in [-0.39, 0.29) is 5.91 Å². The van der Waals surface area contributed by atoms with Crippen LogP contribution in [0.3, 0.4) is 0 Å². The van der Waals surface area contributed by atoms with E-state index in [0.29, 0.717) is 11.6 Å². The Morgan fingerprint density at radius 2 is 1.96 bits per heavy atom. The summed E-state index contributed by atoms with van der Waals surface area (Å²) < 4.78 is 2.27. The fourth-order valence-corrected chi connectivity index (χ4v) is 3.23. The van der Waals surface area contributed by atoms with Gasteiger partial charge in [0.1, 0.15) is 11.5 Å². The number of nitrogens with zero attached hydrogens (tertiary/aromatic N) is 5. The van der Waals surface area contributed by atoms with E-state index in [2.05, 4.69) is 33.4 Å². The molecule has 1 fully saturated rings. The predicted molar refractivity (Wildman–Crippen MR) is 87.0 cm³/mol. The first kappa shape index (κ1) is 15.6. The fourth-order valence-electron chi connectivity index (χ4n) is 3.23. The van der Waals surface area contributed by atoms with Crippen LogP contribution in [0.15, 0.2) is 24.8 Å². The van der Waals surface area contributed by atoms with E-state index in [1.165, 1.54) is 5.69 Å². The highest BCUT2D eigenvalue weighted by Crippen LogP contribution is 2.22. The highest BCUT2D eigenvalue weighted by atomic mass is 16.2. The third-order valence-corrected chi connectivity index (χ3v) is 4.70. The lowest BCUT2D eigenvalue weighted by atomic mass is 9.93. The van der Waals surface area contributed by atoms with Crippen molar-refractivity contribution < 1.29 is 4.79 Å². The summed E-state index contributed by atoms with van der Waals surface area (Å²) in [4.78, 5) is 26.7. The molecule has 1 amide bonds. The zero-order chi connectivity index (χ0) is 16.2. The first-order valence-electron chi connectivity index (χ1n) is 8.19. The summed E-state index contributed by atoms with van der Waals surface area (Å²) in [5.74, 6) is 1.75. The monoisotopic (exact) mass is 313 g/mol. The number of aromatic nitrogens is 4. The molecular weight excluding hydrogens is 290 g/mol. The van der Waals surface area contributed by atoms with Crippen LogP contribution in [0.4, 0.5) is 0 Å². The van der Waals surface area contributed by atoms with Gasteiger partial charge in [0.2, 0.25) is 0 Å². The van der Waals surface area contributed by atoms with Crippen molar-refractivity contribution in [3.05, 3.63) is 42.0 Å². The lowest BCUT2D eigenvalue weighted by Gasteiger charge is -2.32. The quantitative estimate of drug-likeness (QED) is 0.868. The van der Waals surface area contributed by atoms with Crippen molar-refractivity contribution in [2.24, 2.45) is 5.92 Å². The van der Waals surface area contributed by atoms with Gasteiger partial charge in [-0.2, -0.15) is 0 Å². The van der Waals surface area contributed by atoms with E-state index < -0.39 is 0 Å². The summed E-state index contributed by atoms with van der Waals surface area (Å²) in [6.45, 7) is 6.78. The summed E-state index contributed by atoms with van der Waals surface area (Å²) in [6.07, 6.45) is 9.87. The van der Waals surface area contributed by atoms with Crippen LogP contribution in [0.1, 0.15) is 41.3 Å². The summed E-state index contributed by atoms with van der Waals surface area (Å²) in [5.41, 5.74) is 1.66.